The van der Waals surface area contributed by atoms with Gasteiger partial charge in [-0.25, -0.2) is 0 Å². The van der Waals surface area contributed by atoms with Crippen LogP contribution in [0.25, 0.3) is 0 Å². The maximum absolute atomic E-state index is 11.2. The van der Waals surface area contributed by atoms with Crippen molar-refractivity contribution in [2.75, 3.05) is 13.2 Å². The lowest BCUT2D eigenvalue weighted by atomic mass is 10.4. The van der Waals surface area contributed by atoms with Crippen LogP contribution < -0.4 is 0 Å². The van der Waals surface area contributed by atoms with Gasteiger partial charge >= 0.3 is 7.60 Å². The Morgan fingerprint density at radius 1 is 1.36 bits per heavy atom. The number of hydrogen-bond donors (Lipinski definition) is 1. The minimum absolute atomic E-state index is 0.137. The van der Waals surface area contributed by atoms with E-state index in [2.05, 4.69) is 0 Å². The molecule has 0 aromatic heterocycles. The van der Waals surface area contributed by atoms with E-state index in [1.807, 2.05) is 13.0 Å². The lowest BCUT2D eigenvalue weighted by Gasteiger charge is -2.04. The second-order valence-electron chi connectivity index (χ2n) is 2.48. The maximum Gasteiger partial charge on any atom is 0.354 e. The molecule has 0 aliphatic carbocycles. The first-order valence-corrected chi connectivity index (χ1v) is 6.18. The molecule has 0 aromatic carbocycles. The van der Waals surface area contributed by atoms with Crippen molar-refractivity contribution in [3.8, 4) is 0 Å². The Morgan fingerprint density at radius 2 is 2.07 bits per heavy atom. The molecule has 14 heavy (non-hydrogen) atoms. The summed E-state index contributed by atoms with van der Waals surface area (Å²) in [6, 6.07) is 0. The molecule has 0 fully saturated rings. The van der Waals surface area contributed by atoms with Gasteiger partial charge in [0.15, 0.2) is 0 Å². The van der Waals surface area contributed by atoms with Crippen LogP contribution in [0.5, 0.6) is 0 Å². The van der Waals surface area contributed by atoms with Crippen LogP contribution in [0.3, 0.4) is 0 Å². The smallest absolute Gasteiger partial charge is 0.354 e. The Kier molecular flexibility index (Phi) is 7.48. The zero-order valence-electron chi connectivity index (χ0n) is 8.55. The van der Waals surface area contributed by atoms with Gasteiger partial charge in [-0.3, -0.25) is 4.57 Å². The first-order chi connectivity index (χ1) is 6.62. The molecule has 0 aliphatic rings. The van der Waals surface area contributed by atoms with Gasteiger partial charge in [0.05, 0.1) is 25.3 Å². The van der Waals surface area contributed by atoms with Crippen LogP contribution >= 0.6 is 7.60 Å². The summed E-state index contributed by atoms with van der Waals surface area (Å²) in [5.41, 5.74) is 0. The Morgan fingerprint density at radius 3 is 2.64 bits per heavy atom. The molecule has 0 saturated carbocycles. The summed E-state index contributed by atoms with van der Waals surface area (Å²) in [5.74, 6) is 1.04. The summed E-state index contributed by atoms with van der Waals surface area (Å²) in [5, 5.41) is 0. The van der Waals surface area contributed by atoms with Gasteiger partial charge in [0.2, 0.25) is 0 Å². The first kappa shape index (κ1) is 13.4. The van der Waals surface area contributed by atoms with Crippen LogP contribution in [-0.2, 0) is 13.8 Å². The molecule has 1 atom stereocenters. The molecule has 1 unspecified atom stereocenters. The van der Waals surface area contributed by atoms with E-state index in [9.17, 15) is 9.46 Å². The highest BCUT2D eigenvalue weighted by Gasteiger charge is 2.13. The van der Waals surface area contributed by atoms with Gasteiger partial charge in [-0.1, -0.05) is 19.1 Å². The van der Waals surface area contributed by atoms with E-state index in [1.54, 1.807) is 13.0 Å². The molecular formula is C9H17O4P. The Hall–Kier alpha value is -0.570. The SMILES string of the molecule is CCC=CCOP(=O)(O)C=COCC. The monoisotopic (exact) mass is 220 g/mol. The van der Waals surface area contributed by atoms with Gasteiger partial charge in [-0.2, -0.15) is 0 Å². The third-order valence-corrected chi connectivity index (χ3v) is 2.29. The van der Waals surface area contributed by atoms with E-state index >= 15 is 0 Å². The zero-order chi connectivity index (χ0) is 10.9. The van der Waals surface area contributed by atoms with Crippen molar-refractivity contribution >= 4 is 7.60 Å². The highest BCUT2D eigenvalue weighted by atomic mass is 31.2. The third-order valence-electron chi connectivity index (χ3n) is 1.27. The van der Waals surface area contributed by atoms with Crippen molar-refractivity contribution in [2.24, 2.45) is 0 Å². The molecule has 1 N–H and O–H groups in total. The van der Waals surface area contributed by atoms with Crippen LogP contribution in [0.2, 0.25) is 0 Å². The molecule has 0 bridgehead atoms. The van der Waals surface area contributed by atoms with Crippen LogP contribution in [-0.4, -0.2) is 18.1 Å². The quantitative estimate of drug-likeness (QED) is 0.407. The van der Waals surface area contributed by atoms with E-state index < -0.39 is 7.60 Å². The fourth-order valence-electron chi connectivity index (χ4n) is 0.644. The minimum atomic E-state index is -3.62. The summed E-state index contributed by atoms with van der Waals surface area (Å²) >= 11 is 0. The van der Waals surface area contributed by atoms with Gasteiger partial charge in [-0.15, -0.1) is 0 Å². The summed E-state index contributed by atoms with van der Waals surface area (Å²) in [4.78, 5) is 9.17. The summed E-state index contributed by atoms with van der Waals surface area (Å²) in [7, 11) is -3.62. The van der Waals surface area contributed by atoms with Gasteiger partial charge in [0, 0.05) is 0 Å². The average Bonchev–Trinajstić information content (AvgIpc) is 2.13. The summed E-state index contributed by atoms with van der Waals surface area (Å²) in [6.45, 7) is 4.37. The zero-order valence-corrected chi connectivity index (χ0v) is 9.44. The van der Waals surface area contributed by atoms with Crippen molar-refractivity contribution in [3.05, 3.63) is 24.2 Å². The maximum atomic E-state index is 11.2. The Labute approximate surface area is 84.8 Å². The molecule has 4 nitrogen and oxygen atoms in total. The number of hydrogen-bond acceptors (Lipinski definition) is 3. The van der Waals surface area contributed by atoms with Crippen LogP contribution in [0.4, 0.5) is 0 Å². The van der Waals surface area contributed by atoms with Gasteiger partial charge in [0.25, 0.3) is 0 Å². The van der Waals surface area contributed by atoms with Crippen LogP contribution in [0.1, 0.15) is 20.3 Å². The number of ether oxygens (including phenoxy) is 1. The fourth-order valence-corrected chi connectivity index (χ4v) is 1.27. The lowest BCUT2D eigenvalue weighted by molar-refractivity contribution is 0.265. The molecule has 0 radical (unpaired) electrons. The highest BCUT2D eigenvalue weighted by Crippen LogP contribution is 2.43. The van der Waals surface area contributed by atoms with Crippen LogP contribution in [0, 0.1) is 0 Å². The van der Waals surface area contributed by atoms with Crippen molar-refractivity contribution in [2.45, 2.75) is 20.3 Å². The number of rotatable bonds is 7. The minimum Gasteiger partial charge on any atom is -0.501 e. The summed E-state index contributed by atoms with van der Waals surface area (Å²) < 4.78 is 20.7. The molecular weight excluding hydrogens is 203 g/mol. The van der Waals surface area contributed by atoms with Crippen molar-refractivity contribution < 1.29 is 18.7 Å². The topological polar surface area (TPSA) is 55.8 Å². The van der Waals surface area contributed by atoms with Crippen molar-refractivity contribution in [1.82, 2.24) is 0 Å². The predicted octanol–water partition coefficient (Wildman–Crippen LogP) is 2.66. The number of allylic oxidation sites excluding steroid dienone is 1. The lowest BCUT2D eigenvalue weighted by Crippen LogP contribution is -1.87. The van der Waals surface area contributed by atoms with E-state index in [1.165, 1.54) is 6.26 Å². The molecule has 0 amide bonds. The molecule has 0 saturated heterocycles. The third kappa shape index (κ3) is 8.05. The average molecular weight is 220 g/mol. The van der Waals surface area contributed by atoms with Gasteiger partial charge in [-0.05, 0) is 13.3 Å². The Balaban J connectivity index is 3.83. The molecule has 0 heterocycles. The molecule has 0 aliphatic heterocycles. The molecule has 82 valence electrons. The molecule has 0 spiro atoms. The molecule has 5 heteroatoms. The van der Waals surface area contributed by atoms with E-state index in [0.29, 0.717) is 6.61 Å². The van der Waals surface area contributed by atoms with E-state index in [-0.39, 0.29) is 6.61 Å². The normalized spacial score (nSPS) is 16.2. The van der Waals surface area contributed by atoms with E-state index in [4.69, 9.17) is 9.26 Å². The van der Waals surface area contributed by atoms with E-state index in [0.717, 1.165) is 12.2 Å². The second kappa shape index (κ2) is 7.80. The fraction of sp³-hybridized carbons (Fsp3) is 0.556. The highest BCUT2D eigenvalue weighted by molar-refractivity contribution is 7.56. The van der Waals surface area contributed by atoms with Crippen molar-refractivity contribution in [3.63, 3.8) is 0 Å². The van der Waals surface area contributed by atoms with Gasteiger partial charge in [0.1, 0.15) is 0 Å². The molecule has 0 rings (SSSR count). The largest absolute Gasteiger partial charge is 0.501 e. The van der Waals surface area contributed by atoms with Gasteiger partial charge < -0.3 is 14.2 Å². The standard InChI is InChI=1S/C9H17O4P/c1-3-5-6-7-13-14(10,11)9-8-12-4-2/h5-6,8-9H,3-4,7H2,1-2H3,(H,10,11). The first-order valence-electron chi connectivity index (χ1n) is 4.53. The second-order valence-corrected chi connectivity index (χ2v) is 4.16. The van der Waals surface area contributed by atoms with Crippen molar-refractivity contribution in [1.29, 1.82) is 0 Å². The predicted molar refractivity (Wildman–Crippen MR) is 56.0 cm³/mol. The van der Waals surface area contributed by atoms with Crippen LogP contribution in [0.15, 0.2) is 24.2 Å². The molecule has 0 aromatic rings. The Bertz CT molecular complexity index is 235. The summed E-state index contributed by atoms with van der Waals surface area (Å²) in [6.07, 6.45) is 5.64.